The molecule has 3 nitrogen and oxygen atoms in total. The van der Waals surface area contributed by atoms with E-state index in [0.717, 1.165) is 0 Å². The predicted molar refractivity (Wildman–Crippen MR) is 52.7 cm³/mol. The van der Waals surface area contributed by atoms with E-state index in [2.05, 4.69) is 33.0 Å². The fourth-order valence-corrected chi connectivity index (χ4v) is 1.27. The molecule has 0 spiro atoms. The molecule has 3 unspecified atom stereocenters. The molecular formula is C10H21NO2. The summed E-state index contributed by atoms with van der Waals surface area (Å²) in [7, 11) is 0. The van der Waals surface area contributed by atoms with Crippen LogP contribution in [0.15, 0.2) is 0 Å². The van der Waals surface area contributed by atoms with Crippen molar-refractivity contribution < 1.29 is 9.84 Å². The summed E-state index contributed by atoms with van der Waals surface area (Å²) in [6, 6.07) is 0.489. The highest BCUT2D eigenvalue weighted by Crippen LogP contribution is 2.20. The molecule has 2 N–H and O–H groups in total. The number of ether oxygens (including phenoxy) is 1. The minimum atomic E-state index is -0.343. The highest BCUT2D eigenvalue weighted by molar-refractivity contribution is 4.86. The summed E-state index contributed by atoms with van der Waals surface area (Å²) in [5, 5.41) is 12.9. The standard InChI is InChI=1S/C10H21NO2/c1-7(10(2,3)4)11-8-5-13-6-9(8)12/h7-9,11-12H,5-6H2,1-4H3. The molecule has 0 aromatic carbocycles. The zero-order valence-corrected chi connectivity index (χ0v) is 9.00. The first-order valence-electron chi connectivity index (χ1n) is 4.93. The monoisotopic (exact) mass is 187 g/mol. The smallest absolute Gasteiger partial charge is 0.0948 e. The molecule has 0 aromatic rings. The van der Waals surface area contributed by atoms with Crippen molar-refractivity contribution in [1.82, 2.24) is 5.32 Å². The third-order valence-electron chi connectivity index (χ3n) is 2.81. The van der Waals surface area contributed by atoms with Gasteiger partial charge in [0, 0.05) is 6.04 Å². The lowest BCUT2D eigenvalue weighted by atomic mass is 9.87. The van der Waals surface area contributed by atoms with Gasteiger partial charge in [0.25, 0.3) is 0 Å². The lowest BCUT2D eigenvalue weighted by molar-refractivity contribution is 0.118. The largest absolute Gasteiger partial charge is 0.389 e. The van der Waals surface area contributed by atoms with Crippen LogP contribution >= 0.6 is 0 Å². The van der Waals surface area contributed by atoms with Gasteiger partial charge in [-0.25, -0.2) is 0 Å². The van der Waals surface area contributed by atoms with Gasteiger partial charge in [-0.2, -0.15) is 0 Å². The lowest BCUT2D eigenvalue weighted by Crippen LogP contribution is -2.48. The molecule has 1 saturated heterocycles. The van der Waals surface area contributed by atoms with Crippen LogP contribution in [0.2, 0.25) is 0 Å². The van der Waals surface area contributed by atoms with Gasteiger partial charge in [-0.05, 0) is 12.3 Å². The summed E-state index contributed by atoms with van der Waals surface area (Å²) in [4.78, 5) is 0. The normalized spacial score (nSPS) is 32.1. The van der Waals surface area contributed by atoms with Gasteiger partial charge in [-0.15, -0.1) is 0 Å². The SMILES string of the molecule is CC(NC1COCC1O)C(C)(C)C. The molecule has 0 aliphatic carbocycles. The molecule has 0 amide bonds. The topological polar surface area (TPSA) is 41.5 Å². The predicted octanol–water partition coefficient (Wildman–Crippen LogP) is 0.770. The van der Waals surface area contributed by atoms with E-state index in [1.165, 1.54) is 0 Å². The van der Waals surface area contributed by atoms with Crippen LogP contribution in [0.4, 0.5) is 0 Å². The number of rotatable bonds is 2. The maximum atomic E-state index is 9.52. The van der Waals surface area contributed by atoms with Crippen LogP contribution in [-0.2, 0) is 4.74 Å². The quantitative estimate of drug-likeness (QED) is 0.671. The van der Waals surface area contributed by atoms with E-state index < -0.39 is 0 Å². The van der Waals surface area contributed by atoms with E-state index in [1.54, 1.807) is 0 Å². The molecule has 1 fully saturated rings. The Bertz CT molecular complexity index is 165. The lowest BCUT2D eigenvalue weighted by Gasteiger charge is -2.31. The first-order valence-corrected chi connectivity index (χ1v) is 4.93. The minimum Gasteiger partial charge on any atom is -0.389 e. The summed E-state index contributed by atoms with van der Waals surface area (Å²) < 4.78 is 5.17. The molecule has 3 heteroatoms. The van der Waals surface area contributed by atoms with Gasteiger partial charge in [0.05, 0.1) is 25.4 Å². The van der Waals surface area contributed by atoms with Crippen LogP contribution in [-0.4, -0.2) is 36.5 Å². The molecule has 0 aromatic heterocycles. The minimum absolute atomic E-state index is 0.106. The molecule has 1 aliphatic heterocycles. The number of aliphatic hydroxyl groups is 1. The summed E-state index contributed by atoms with van der Waals surface area (Å²) in [5.41, 5.74) is 0.225. The van der Waals surface area contributed by atoms with Crippen LogP contribution in [0.5, 0.6) is 0 Å². The summed E-state index contributed by atoms with van der Waals surface area (Å²) >= 11 is 0. The second-order valence-electron chi connectivity index (χ2n) is 4.97. The van der Waals surface area contributed by atoms with Gasteiger partial charge in [0.1, 0.15) is 0 Å². The highest BCUT2D eigenvalue weighted by atomic mass is 16.5. The van der Waals surface area contributed by atoms with Crippen molar-refractivity contribution in [3.05, 3.63) is 0 Å². The van der Waals surface area contributed by atoms with Crippen molar-refractivity contribution in [3.63, 3.8) is 0 Å². The Kier molecular flexibility index (Phi) is 3.33. The maximum absolute atomic E-state index is 9.52. The average Bonchev–Trinajstić information content (AvgIpc) is 2.34. The molecule has 1 aliphatic rings. The van der Waals surface area contributed by atoms with Gasteiger partial charge in [0.15, 0.2) is 0 Å². The van der Waals surface area contributed by atoms with Gasteiger partial charge in [-0.1, -0.05) is 20.8 Å². The zero-order chi connectivity index (χ0) is 10.1. The Morgan fingerprint density at radius 1 is 1.38 bits per heavy atom. The Labute approximate surface area is 80.5 Å². The van der Waals surface area contributed by atoms with E-state index in [-0.39, 0.29) is 17.6 Å². The maximum Gasteiger partial charge on any atom is 0.0948 e. The van der Waals surface area contributed by atoms with E-state index >= 15 is 0 Å². The van der Waals surface area contributed by atoms with Crippen molar-refractivity contribution in [3.8, 4) is 0 Å². The van der Waals surface area contributed by atoms with E-state index in [9.17, 15) is 5.11 Å². The Balaban J connectivity index is 2.40. The molecule has 1 rings (SSSR count). The zero-order valence-electron chi connectivity index (χ0n) is 9.00. The number of hydrogen-bond donors (Lipinski definition) is 2. The molecular weight excluding hydrogens is 166 g/mol. The van der Waals surface area contributed by atoms with Crippen molar-refractivity contribution in [2.24, 2.45) is 5.41 Å². The van der Waals surface area contributed by atoms with Gasteiger partial charge >= 0.3 is 0 Å². The second kappa shape index (κ2) is 3.95. The molecule has 0 bridgehead atoms. The third-order valence-corrected chi connectivity index (χ3v) is 2.81. The van der Waals surface area contributed by atoms with Crippen molar-refractivity contribution in [2.75, 3.05) is 13.2 Å². The molecule has 13 heavy (non-hydrogen) atoms. The fourth-order valence-electron chi connectivity index (χ4n) is 1.27. The van der Waals surface area contributed by atoms with E-state index in [4.69, 9.17) is 4.74 Å². The average molecular weight is 187 g/mol. The van der Waals surface area contributed by atoms with Gasteiger partial charge in [0.2, 0.25) is 0 Å². The Morgan fingerprint density at radius 3 is 2.38 bits per heavy atom. The molecule has 78 valence electrons. The van der Waals surface area contributed by atoms with Crippen LogP contribution < -0.4 is 5.32 Å². The molecule has 0 saturated carbocycles. The number of nitrogens with one attached hydrogen (secondary N) is 1. The Morgan fingerprint density at radius 2 is 2.00 bits per heavy atom. The van der Waals surface area contributed by atoms with Gasteiger partial charge in [-0.3, -0.25) is 0 Å². The molecule has 3 atom stereocenters. The summed E-state index contributed by atoms with van der Waals surface area (Å²) in [6.45, 7) is 9.80. The van der Waals surface area contributed by atoms with Crippen molar-refractivity contribution in [1.29, 1.82) is 0 Å². The fraction of sp³-hybridized carbons (Fsp3) is 1.00. The highest BCUT2D eigenvalue weighted by Gasteiger charge is 2.30. The summed E-state index contributed by atoms with van der Waals surface area (Å²) in [6.07, 6.45) is -0.343. The van der Waals surface area contributed by atoms with Crippen LogP contribution in [0.25, 0.3) is 0 Å². The third kappa shape index (κ3) is 2.93. The van der Waals surface area contributed by atoms with E-state index in [1.807, 2.05) is 0 Å². The second-order valence-corrected chi connectivity index (χ2v) is 4.97. The molecule has 1 heterocycles. The Hall–Kier alpha value is -0.120. The van der Waals surface area contributed by atoms with Crippen molar-refractivity contribution in [2.45, 2.75) is 45.9 Å². The van der Waals surface area contributed by atoms with Crippen molar-refractivity contribution >= 4 is 0 Å². The first kappa shape index (κ1) is 11.0. The summed E-state index contributed by atoms with van der Waals surface area (Å²) in [5.74, 6) is 0. The number of hydrogen-bond acceptors (Lipinski definition) is 3. The van der Waals surface area contributed by atoms with Crippen LogP contribution in [0.3, 0.4) is 0 Å². The molecule has 0 radical (unpaired) electrons. The van der Waals surface area contributed by atoms with Crippen LogP contribution in [0, 0.1) is 5.41 Å². The number of aliphatic hydroxyl groups excluding tert-OH is 1. The van der Waals surface area contributed by atoms with Gasteiger partial charge < -0.3 is 15.2 Å². The van der Waals surface area contributed by atoms with E-state index in [0.29, 0.717) is 19.3 Å². The van der Waals surface area contributed by atoms with Crippen LogP contribution in [0.1, 0.15) is 27.7 Å². The first-order chi connectivity index (χ1) is 5.91.